The van der Waals surface area contributed by atoms with Crippen molar-refractivity contribution in [1.82, 2.24) is 0 Å². The van der Waals surface area contributed by atoms with Crippen molar-refractivity contribution >= 4 is 34.9 Å². The molecule has 1 aromatic heterocycles. The predicted octanol–water partition coefficient (Wildman–Crippen LogP) is 2.62. The van der Waals surface area contributed by atoms with Crippen molar-refractivity contribution in [2.75, 3.05) is 18.6 Å². The standard InChI is InChI=1S/C11H14O3S2/c1-14-11(13)8-15-6-2-4-9(12)10-5-3-7-16-10/h3,5,7H,2,4,6,8H2,1H3. The largest absolute Gasteiger partial charge is 0.468 e. The molecule has 0 unspecified atom stereocenters. The lowest BCUT2D eigenvalue weighted by molar-refractivity contribution is -0.137. The minimum absolute atomic E-state index is 0.189. The zero-order valence-electron chi connectivity index (χ0n) is 9.10. The van der Waals surface area contributed by atoms with Crippen molar-refractivity contribution in [2.45, 2.75) is 12.8 Å². The molecule has 0 fully saturated rings. The summed E-state index contributed by atoms with van der Waals surface area (Å²) in [6.07, 6.45) is 1.35. The molecule has 16 heavy (non-hydrogen) atoms. The monoisotopic (exact) mass is 258 g/mol. The molecule has 0 amide bonds. The summed E-state index contributed by atoms with van der Waals surface area (Å²) < 4.78 is 4.51. The molecule has 1 aromatic rings. The number of thiophene rings is 1. The van der Waals surface area contributed by atoms with Crippen LogP contribution in [0.4, 0.5) is 0 Å². The summed E-state index contributed by atoms with van der Waals surface area (Å²) in [5.41, 5.74) is 0. The van der Waals surface area contributed by atoms with Gasteiger partial charge in [-0.2, -0.15) is 11.8 Å². The lowest BCUT2D eigenvalue weighted by Gasteiger charge is -1.99. The molecule has 0 aliphatic rings. The van der Waals surface area contributed by atoms with E-state index in [9.17, 15) is 9.59 Å². The number of carbonyl (C=O) groups is 2. The Kier molecular flexibility index (Phi) is 6.18. The zero-order valence-corrected chi connectivity index (χ0v) is 10.7. The van der Waals surface area contributed by atoms with E-state index in [1.165, 1.54) is 30.2 Å². The Balaban J connectivity index is 2.08. The molecular formula is C11H14O3S2. The SMILES string of the molecule is COC(=O)CSCCCC(=O)c1cccs1. The average molecular weight is 258 g/mol. The molecule has 0 N–H and O–H groups in total. The van der Waals surface area contributed by atoms with Crippen molar-refractivity contribution < 1.29 is 14.3 Å². The molecule has 3 nitrogen and oxygen atoms in total. The van der Waals surface area contributed by atoms with Crippen LogP contribution in [0.25, 0.3) is 0 Å². The summed E-state index contributed by atoms with van der Waals surface area (Å²) >= 11 is 2.97. The van der Waals surface area contributed by atoms with Crippen LogP contribution in [0.5, 0.6) is 0 Å². The van der Waals surface area contributed by atoms with Gasteiger partial charge >= 0.3 is 5.97 Å². The van der Waals surface area contributed by atoms with Gasteiger partial charge in [0.2, 0.25) is 0 Å². The van der Waals surface area contributed by atoms with Crippen molar-refractivity contribution in [3.63, 3.8) is 0 Å². The van der Waals surface area contributed by atoms with Crippen LogP contribution in [-0.2, 0) is 9.53 Å². The summed E-state index contributed by atoms with van der Waals surface area (Å²) in [4.78, 5) is 23.2. The number of carbonyl (C=O) groups excluding carboxylic acids is 2. The van der Waals surface area contributed by atoms with Gasteiger partial charge in [0.05, 0.1) is 17.7 Å². The minimum Gasteiger partial charge on any atom is -0.468 e. The molecule has 0 bridgehead atoms. The van der Waals surface area contributed by atoms with E-state index in [0.29, 0.717) is 12.2 Å². The molecule has 0 aliphatic heterocycles. The molecule has 1 heterocycles. The molecule has 0 aliphatic carbocycles. The smallest absolute Gasteiger partial charge is 0.315 e. The van der Waals surface area contributed by atoms with Crippen molar-refractivity contribution in [3.05, 3.63) is 22.4 Å². The summed E-state index contributed by atoms with van der Waals surface area (Å²) in [5, 5.41) is 1.90. The Morgan fingerprint density at radius 2 is 2.31 bits per heavy atom. The van der Waals surface area contributed by atoms with E-state index < -0.39 is 0 Å². The van der Waals surface area contributed by atoms with Crippen LogP contribution in [-0.4, -0.2) is 30.4 Å². The molecule has 0 saturated heterocycles. The quantitative estimate of drug-likeness (QED) is 0.428. The van der Waals surface area contributed by atoms with Gasteiger partial charge in [-0.05, 0) is 23.6 Å². The zero-order chi connectivity index (χ0) is 11.8. The van der Waals surface area contributed by atoms with Crippen LogP contribution < -0.4 is 0 Å². The Morgan fingerprint density at radius 3 is 2.94 bits per heavy atom. The number of hydrogen-bond acceptors (Lipinski definition) is 5. The third kappa shape index (κ3) is 4.81. The second-order valence-electron chi connectivity index (χ2n) is 3.13. The molecule has 1 rings (SSSR count). The number of esters is 1. The van der Waals surface area contributed by atoms with Gasteiger partial charge in [0.15, 0.2) is 5.78 Å². The van der Waals surface area contributed by atoms with Gasteiger partial charge in [-0.1, -0.05) is 6.07 Å². The number of hydrogen-bond donors (Lipinski definition) is 0. The number of Topliss-reactive ketones (excluding diaryl/α,β-unsaturated/α-hetero) is 1. The van der Waals surface area contributed by atoms with Crippen LogP contribution in [0, 0.1) is 0 Å². The highest BCUT2D eigenvalue weighted by atomic mass is 32.2. The second kappa shape index (κ2) is 7.46. The topological polar surface area (TPSA) is 43.4 Å². The first-order valence-corrected chi connectivity index (χ1v) is 6.98. The molecule has 0 saturated carbocycles. The van der Waals surface area contributed by atoms with E-state index in [1.54, 1.807) is 0 Å². The summed E-state index contributed by atoms with van der Waals surface area (Å²) in [5.74, 6) is 1.15. The third-order valence-electron chi connectivity index (χ3n) is 1.94. The van der Waals surface area contributed by atoms with Crippen LogP contribution in [0.1, 0.15) is 22.5 Å². The lowest BCUT2D eigenvalue weighted by Crippen LogP contribution is -2.04. The van der Waals surface area contributed by atoms with E-state index in [4.69, 9.17) is 0 Å². The number of thioether (sulfide) groups is 1. The minimum atomic E-state index is -0.213. The molecule has 5 heteroatoms. The Labute approximate surface area is 103 Å². The number of ether oxygens (including phenoxy) is 1. The predicted molar refractivity (Wildman–Crippen MR) is 67.2 cm³/mol. The van der Waals surface area contributed by atoms with Gasteiger partial charge in [0, 0.05) is 6.42 Å². The molecule has 0 radical (unpaired) electrons. The van der Waals surface area contributed by atoms with Gasteiger partial charge in [-0.25, -0.2) is 0 Å². The molecule has 0 atom stereocenters. The first-order valence-electron chi connectivity index (χ1n) is 4.95. The highest BCUT2D eigenvalue weighted by molar-refractivity contribution is 7.99. The van der Waals surface area contributed by atoms with Crippen molar-refractivity contribution in [3.8, 4) is 0 Å². The maximum atomic E-state index is 11.6. The highest BCUT2D eigenvalue weighted by Gasteiger charge is 2.06. The van der Waals surface area contributed by atoms with E-state index >= 15 is 0 Å². The Bertz CT molecular complexity index is 333. The maximum Gasteiger partial charge on any atom is 0.315 e. The first-order chi connectivity index (χ1) is 7.74. The first kappa shape index (κ1) is 13.3. The number of methoxy groups -OCH3 is 1. The fourth-order valence-electron chi connectivity index (χ4n) is 1.11. The second-order valence-corrected chi connectivity index (χ2v) is 5.19. The van der Waals surface area contributed by atoms with Gasteiger partial charge < -0.3 is 4.74 Å². The normalized spacial score (nSPS) is 10.1. The van der Waals surface area contributed by atoms with Gasteiger partial charge in [-0.15, -0.1) is 11.3 Å². The van der Waals surface area contributed by atoms with E-state index in [1.807, 2.05) is 17.5 Å². The molecule has 0 aromatic carbocycles. The van der Waals surface area contributed by atoms with Crippen molar-refractivity contribution in [1.29, 1.82) is 0 Å². The molecule has 0 spiro atoms. The molecular weight excluding hydrogens is 244 g/mol. The van der Waals surface area contributed by atoms with Crippen LogP contribution >= 0.6 is 23.1 Å². The van der Waals surface area contributed by atoms with E-state index in [0.717, 1.165) is 17.1 Å². The van der Waals surface area contributed by atoms with Crippen molar-refractivity contribution in [2.24, 2.45) is 0 Å². The van der Waals surface area contributed by atoms with Crippen LogP contribution in [0.2, 0.25) is 0 Å². The van der Waals surface area contributed by atoms with Gasteiger partial charge in [0.25, 0.3) is 0 Å². The van der Waals surface area contributed by atoms with E-state index in [2.05, 4.69) is 4.74 Å². The van der Waals surface area contributed by atoms with Crippen LogP contribution in [0.15, 0.2) is 17.5 Å². The molecule has 88 valence electrons. The lowest BCUT2D eigenvalue weighted by atomic mass is 10.2. The van der Waals surface area contributed by atoms with E-state index in [-0.39, 0.29) is 11.8 Å². The number of ketones is 1. The fraction of sp³-hybridized carbons (Fsp3) is 0.455. The summed E-state index contributed by atoms with van der Waals surface area (Å²) in [6, 6.07) is 3.72. The average Bonchev–Trinajstić information content (AvgIpc) is 2.81. The van der Waals surface area contributed by atoms with Gasteiger partial charge in [-0.3, -0.25) is 9.59 Å². The summed E-state index contributed by atoms with van der Waals surface area (Å²) in [6.45, 7) is 0. The highest BCUT2D eigenvalue weighted by Crippen LogP contribution is 2.13. The Hall–Kier alpha value is -0.810. The number of rotatable bonds is 7. The summed E-state index contributed by atoms with van der Waals surface area (Å²) in [7, 11) is 1.38. The maximum absolute atomic E-state index is 11.6. The fourth-order valence-corrected chi connectivity index (χ4v) is 2.58. The third-order valence-corrected chi connectivity index (χ3v) is 3.86. The van der Waals surface area contributed by atoms with Gasteiger partial charge in [0.1, 0.15) is 0 Å². The Morgan fingerprint density at radius 1 is 1.50 bits per heavy atom. The van der Waals surface area contributed by atoms with Crippen LogP contribution in [0.3, 0.4) is 0 Å².